The quantitative estimate of drug-likeness (QED) is 0.623. The van der Waals surface area contributed by atoms with E-state index in [-0.39, 0.29) is 0 Å². The molecule has 0 aliphatic rings. The van der Waals surface area contributed by atoms with Crippen molar-refractivity contribution in [2.45, 2.75) is 4.90 Å². The van der Waals surface area contributed by atoms with Gasteiger partial charge in [-0.05, 0) is 43.7 Å². The third-order valence-electron chi connectivity index (χ3n) is 1.44. The summed E-state index contributed by atoms with van der Waals surface area (Å²) in [5.74, 6) is -0.958. The predicted molar refractivity (Wildman–Crippen MR) is 60.5 cm³/mol. The van der Waals surface area contributed by atoms with Gasteiger partial charge in [0.2, 0.25) is 0 Å². The van der Waals surface area contributed by atoms with Crippen LogP contribution in [0.25, 0.3) is 6.08 Å². The minimum Gasteiger partial charge on any atom is -0.478 e. The van der Waals surface area contributed by atoms with Crippen LogP contribution in [-0.4, -0.2) is 34.5 Å². The molecule has 0 spiro atoms. The van der Waals surface area contributed by atoms with Crippen LogP contribution >= 0.6 is 11.9 Å². The SMILES string of the molecule is CN(C)Sc1cncc(/C=C/C(=O)O)c1. The molecular formula is C10H12N2O2S. The topological polar surface area (TPSA) is 53.4 Å². The molecule has 0 bridgehead atoms. The zero-order valence-corrected chi connectivity index (χ0v) is 9.36. The van der Waals surface area contributed by atoms with E-state index in [0.717, 1.165) is 16.5 Å². The van der Waals surface area contributed by atoms with Gasteiger partial charge < -0.3 is 5.11 Å². The number of carbonyl (C=O) groups is 1. The highest BCUT2D eigenvalue weighted by Crippen LogP contribution is 2.19. The van der Waals surface area contributed by atoms with E-state index in [4.69, 9.17) is 5.11 Å². The van der Waals surface area contributed by atoms with Crippen LogP contribution in [-0.2, 0) is 4.79 Å². The van der Waals surface area contributed by atoms with Gasteiger partial charge in [-0.1, -0.05) is 0 Å². The van der Waals surface area contributed by atoms with Crippen LogP contribution in [0.15, 0.2) is 29.4 Å². The average molecular weight is 224 g/mol. The maximum atomic E-state index is 10.3. The van der Waals surface area contributed by atoms with E-state index < -0.39 is 5.97 Å². The Hall–Kier alpha value is -1.33. The van der Waals surface area contributed by atoms with Gasteiger partial charge in [-0.3, -0.25) is 9.29 Å². The van der Waals surface area contributed by atoms with Gasteiger partial charge in [0.05, 0.1) is 0 Å². The smallest absolute Gasteiger partial charge is 0.328 e. The number of nitrogens with zero attached hydrogens (tertiary/aromatic N) is 2. The Balaban J connectivity index is 2.78. The van der Waals surface area contributed by atoms with Crippen molar-refractivity contribution in [3.63, 3.8) is 0 Å². The summed E-state index contributed by atoms with van der Waals surface area (Å²) in [6, 6.07) is 1.89. The second-order valence-electron chi connectivity index (χ2n) is 3.03. The van der Waals surface area contributed by atoms with Crippen molar-refractivity contribution < 1.29 is 9.90 Å². The molecule has 4 nitrogen and oxygen atoms in total. The molecular weight excluding hydrogens is 212 g/mol. The van der Waals surface area contributed by atoms with Crippen LogP contribution in [0.5, 0.6) is 0 Å². The van der Waals surface area contributed by atoms with Gasteiger partial charge in [0.25, 0.3) is 0 Å². The Labute approximate surface area is 92.8 Å². The predicted octanol–water partition coefficient (Wildman–Crippen LogP) is 1.75. The average Bonchev–Trinajstić information content (AvgIpc) is 2.14. The highest BCUT2D eigenvalue weighted by atomic mass is 32.2. The number of carboxylic acids is 1. The Morgan fingerprint density at radius 2 is 2.27 bits per heavy atom. The van der Waals surface area contributed by atoms with Crippen molar-refractivity contribution in [1.29, 1.82) is 0 Å². The number of hydrogen-bond acceptors (Lipinski definition) is 4. The Morgan fingerprint density at radius 1 is 1.53 bits per heavy atom. The zero-order valence-electron chi connectivity index (χ0n) is 8.54. The van der Waals surface area contributed by atoms with Gasteiger partial charge in [-0.25, -0.2) is 4.79 Å². The second kappa shape index (κ2) is 5.53. The first-order valence-electron chi connectivity index (χ1n) is 4.29. The van der Waals surface area contributed by atoms with Gasteiger partial charge in [0, 0.05) is 23.4 Å². The number of rotatable bonds is 4. The molecule has 0 saturated heterocycles. The molecule has 0 unspecified atom stereocenters. The Kier molecular flexibility index (Phi) is 4.33. The molecule has 0 fully saturated rings. The lowest BCUT2D eigenvalue weighted by atomic mass is 10.2. The molecule has 0 atom stereocenters. The van der Waals surface area contributed by atoms with Crippen molar-refractivity contribution in [2.24, 2.45) is 0 Å². The Morgan fingerprint density at radius 3 is 2.87 bits per heavy atom. The molecule has 0 aromatic carbocycles. The third kappa shape index (κ3) is 4.62. The number of aromatic nitrogens is 1. The normalized spacial score (nSPS) is 11.1. The minimum absolute atomic E-state index is 0.782. The summed E-state index contributed by atoms with van der Waals surface area (Å²) in [7, 11) is 3.87. The fourth-order valence-corrected chi connectivity index (χ4v) is 1.67. The van der Waals surface area contributed by atoms with Gasteiger partial charge >= 0.3 is 5.97 Å². The first-order chi connectivity index (χ1) is 7.08. The van der Waals surface area contributed by atoms with E-state index >= 15 is 0 Å². The van der Waals surface area contributed by atoms with Crippen molar-refractivity contribution in [2.75, 3.05) is 14.1 Å². The summed E-state index contributed by atoms with van der Waals surface area (Å²) in [4.78, 5) is 15.3. The van der Waals surface area contributed by atoms with E-state index in [0.29, 0.717) is 0 Å². The summed E-state index contributed by atoms with van der Waals surface area (Å²) in [5.41, 5.74) is 0.782. The molecule has 1 rings (SSSR count). The van der Waals surface area contributed by atoms with Gasteiger partial charge in [-0.2, -0.15) is 0 Å². The number of carboxylic acid groups (broad SMARTS) is 1. The first kappa shape index (κ1) is 11.7. The number of aliphatic carboxylic acids is 1. The molecule has 5 heteroatoms. The lowest BCUT2D eigenvalue weighted by Crippen LogP contribution is -1.98. The van der Waals surface area contributed by atoms with Crippen molar-refractivity contribution in [3.05, 3.63) is 30.1 Å². The minimum atomic E-state index is -0.958. The van der Waals surface area contributed by atoms with E-state index in [1.807, 2.05) is 24.5 Å². The summed E-state index contributed by atoms with van der Waals surface area (Å²) in [6.07, 6.45) is 5.98. The van der Waals surface area contributed by atoms with Crippen LogP contribution in [0.1, 0.15) is 5.56 Å². The summed E-state index contributed by atoms with van der Waals surface area (Å²) < 4.78 is 1.95. The van der Waals surface area contributed by atoms with Crippen LogP contribution in [0.2, 0.25) is 0 Å². The molecule has 1 N–H and O–H groups in total. The highest BCUT2D eigenvalue weighted by Gasteiger charge is 1.97. The fraction of sp³-hybridized carbons (Fsp3) is 0.200. The molecule has 15 heavy (non-hydrogen) atoms. The monoisotopic (exact) mass is 224 g/mol. The fourth-order valence-electron chi connectivity index (χ4n) is 0.955. The molecule has 80 valence electrons. The standard InChI is InChI=1S/C10H12N2O2S/c1-12(2)15-9-5-8(6-11-7-9)3-4-10(13)14/h3-7H,1-2H3,(H,13,14)/b4-3+. The molecule has 0 aliphatic heterocycles. The van der Waals surface area contributed by atoms with E-state index in [9.17, 15) is 4.79 Å². The number of hydrogen-bond donors (Lipinski definition) is 1. The first-order valence-corrected chi connectivity index (χ1v) is 5.06. The van der Waals surface area contributed by atoms with Crippen molar-refractivity contribution in [3.8, 4) is 0 Å². The maximum absolute atomic E-state index is 10.3. The van der Waals surface area contributed by atoms with E-state index in [1.165, 1.54) is 18.0 Å². The molecule has 1 aromatic heterocycles. The summed E-state index contributed by atoms with van der Waals surface area (Å²) >= 11 is 1.54. The highest BCUT2D eigenvalue weighted by molar-refractivity contribution is 7.97. The van der Waals surface area contributed by atoms with Crippen LogP contribution in [0.3, 0.4) is 0 Å². The summed E-state index contributed by atoms with van der Waals surface area (Å²) in [6.45, 7) is 0. The largest absolute Gasteiger partial charge is 0.478 e. The lowest BCUT2D eigenvalue weighted by Gasteiger charge is -2.07. The molecule has 1 heterocycles. The van der Waals surface area contributed by atoms with Gasteiger partial charge in [0.1, 0.15) is 0 Å². The van der Waals surface area contributed by atoms with Crippen LogP contribution < -0.4 is 0 Å². The van der Waals surface area contributed by atoms with Crippen LogP contribution in [0, 0.1) is 0 Å². The van der Waals surface area contributed by atoms with Crippen LogP contribution in [0.4, 0.5) is 0 Å². The van der Waals surface area contributed by atoms with E-state index in [2.05, 4.69) is 4.98 Å². The van der Waals surface area contributed by atoms with Gasteiger partial charge in [-0.15, -0.1) is 0 Å². The maximum Gasteiger partial charge on any atom is 0.328 e. The van der Waals surface area contributed by atoms with E-state index in [1.54, 1.807) is 12.4 Å². The molecule has 1 aromatic rings. The number of pyridine rings is 1. The van der Waals surface area contributed by atoms with Gasteiger partial charge in [0.15, 0.2) is 0 Å². The lowest BCUT2D eigenvalue weighted by molar-refractivity contribution is -0.131. The zero-order chi connectivity index (χ0) is 11.3. The molecule has 0 amide bonds. The molecule has 0 saturated carbocycles. The molecule has 0 radical (unpaired) electrons. The van der Waals surface area contributed by atoms with Crippen molar-refractivity contribution >= 4 is 24.0 Å². The molecule has 0 aliphatic carbocycles. The Bertz CT molecular complexity index is 377. The summed E-state index contributed by atoms with van der Waals surface area (Å²) in [5, 5.41) is 8.47. The third-order valence-corrected chi connectivity index (χ3v) is 2.24. The van der Waals surface area contributed by atoms with Crippen molar-refractivity contribution in [1.82, 2.24) is 9.29 Å². The second-order valence-corrected chi connectivity index (χ2v) is 4.41.